The number of hydrogen-bond donors (Lipinski definition) is 2. The Morgan fingerprint density at radius 1 is 1.50 bits per heavy atom. The quantitative estimate of drug-likeness (QED) is 0.783. The second kappa shape index (κ2) is 2.79. The average molecular weight is 226 g/mol. The zero-order valence-electron chi connectivity index (χ0n) is 6.56. The third-order valence-corrected chi connectivity index (χ3v) is 2.40. The second-order valence-electron chi connectivity index (χ2n) is 2.52. The topological polar surface area (TPSA) is 40.7 Å². The number of halogens is 1. The summed E-state index contributed by atoms with van der Waals surface area (Å²) in [7, 11) is 1.90. The van der Waals surface area contributed by atoms with E-state index < -0.39 is 0 Å². The molecule has 0 aliphatic carbocycles. The van der Waals surface area contributed by atoms with Crippen LogP contribution in [0.15, 0.2) is 22.8 Å². The van der Waals surface area contributed by atoms with Crippen molar-refractivity contribution in [3.8, 4) is 0 Å². The molecule has 0 aliphatic heterocycles. The highest BCUT2D eigenvalue weighted by Gasteiger charge is 2.01. The summed E-state index contributed by atoms with van der Waals surface area (Å²) >= 11 is 3.38. The molecular formula is C8H8BrN3. The smallest absolute Gasteiger partial charge is 0.108 e. The van der Waals surface area contributed by atoms with Crippen molar-refractivity contribution in [3.63, 3.8) is 0 Å². The van der Waals surface area contributed by atoms with Gasteiger partial charge in [-0.3, -0.25) is 5.10 Å². The van der Waals surface area contributed by atoms with Crippen molar-refractivity contribution in [1.29, 1.82) is 0 Å². The molecule has 0 bridgehead atoms. The number of benzene rings is 1. The number of aromatic amines is 1. The van der Waals surface area contributed by atoms with Gasteiger partial charge in [0.15, 0.2) is 0 Å². The van der Waals surface area contributed by atoms with Crippen molar-refractivity contribution < 1.29 is 0 Å². The molecular weight excluding hydrogens is 218 g/mol. The Bertz CT molecular complexity index is 408. The van der Waals surface area contributed by atoms with Crippen molar-refractivity contribution in [1.82, 2.24) is 10.2 Å². The monoisotopic (exact) mass is 225 g/mol. The molecule has 0 atom stereocenters. The lowest BCUT2D eigenvalue weighted by molar-refractivity contribution is 1.10. The van der Waals surface area contributed by atoms with E-state index in [1.807, 2.05) is 25.2 Å². The molecule has 0 fully saturated rings. The van der Waals surface area contributed by atoms with E-state index in [0.29, 0.717) is 0 Å². The van der Waals surface area contributed by atoms with Crippen molar-refractivity contribution >= 4 is 32.5 Å². The number of nitrogens with one attached hydrogen (secondary N) is 2. The average Bonchev–Trinajstić information content (AvgIpc) is 2.47. The zero-order valence-corrected chi connectivity index (χ0v) is 8.14. The van der Waals surface area contributed by atoms with Crippen LogP contribution in [0.5, 0.6) is 0 Å². The first-order valence-electron chi connectivity index (χ1n) is 3.62. The van der Waals surface area contributed by atoms with E-state index in [9.17, 15) is 0 Å². The van der Waals surface area contributed by atoms with Crippen molar-refractivity contribution in [2.75, 3.05) is 12.4 Å². The number of aromatic nitrogens is 2. The van der Waals surface area contributed by atoms with Crippen LogP contribution in [0.3, 0.4) is 0 Å². The first-order chi connectivity index (χ1) is 5.81. The van der Waals surface area contributed by atoms with Gasteiger partial charge in [-0.2, -0.15) is 5.10 Å². The Hall–Kier alpha value is -1.03. The molecule has 4 heteroatoms. The van der Waals surface area contributed by atoms with Gasteiger partial charge in [-0.15, -0.1) is 0 Å². The number of H-pyrrole nitrogens is 1. The first-order valence-corrected chi connectivity index (χ1v) is 4.42. The molecule has 0 saturated heterocycles. The number of fused-ring (bicyclic) bond motifs is 1. The fraction of sp³-hybridized carbons (Fsp3) is 0.125. The molecule has 62 valence electrons. The van der Waals surface area contributed by atoms with Gasteiger partial charge in [-0.1, -0.05) is 0 Å². The van der Waals surface area contributed by atoms with Gasteiger partial charge in [0.2, 0.25) is 0 Å². The minimum Gasteiger partial charge on any atom is -0.388 e. The Kier molecular flexibility index (Phi) is 1.77. The van der Waals surface area contributed by atoms with E-state index in [1.54, 1.807) is 0 Å². The van der Waals surface area contributed by atoms with Gasteiger partial charge in [0.1, 0.15) is 4.60 Å². The maximum Gasteiger partial charge on any atom is 0.108 e. The molecule has 0 aliphatic rings. The van der Waals surface area contributed by atoms with Gasteiger partial charge in [0.25, 0.3) is 0 Å². The van der Waals surface area contributed by atoms with E-state index >= 15 is 0 Å². The fourth-order valence-corrected chi connectivity index (χ4v) is 1.54. The van der Waals surface area contributed by atoms with Gasteiger partial charge in [-0.25, -0.2) is 0 Å². The lowest BCUT2D eigenvalue weighted by Gasteiger charge is -1.97. The van der Waals surface area contributed by atoms with Gasteiger partial charge >= 0.3 is 0 Å². The van der Waals surface area contributed by atoms with Gasteiger partial charge in [0.05, 0.1) is 5.52 Å². The lowest BCUT2D eigenvalue weighted by Crippen LogP contribution is -1.85. The Morgan fingerprint density at radius 2 is 2.33 bits per heavy atom. The summed E-state index contributed by atoms with van der Waals surface area (Å²) in [6.07, 6.45) is 0. The summed E-state index contributed by atoms with van der Waals surface area (Å²) in [5.41, 5.74) is 2.06. The third-order valence-electron chi connectivity index (χ3n) is 1.80. The van der Waals surface area contributed by atoms with E-state index in [0.717, 1.165) is 21.2 Å². The molecule has 2 N–H and O–H groups in total. The van der Waals surface area contributed by atoms with E-state index in [4.69, 9.17) is 0 Å². The number of nitrogens with zero attached hydrogens (tertiary/aromatic N) is 1. The van der Waals surface area contributed by atoms with Gasteiger partial charge in [0, 0.05) is 18.1 Å². The summed E-state index contributed by atoms with van der Waals surface area (Å²) in [5, 5.41) is 11.1. The van der Waals surface area contributed by atoms with E-state index in [2.05, 4.69) is 31.4 Å². The third kappa shape index (κ3) is 1.08. The molecule has 1 heterocycles. The van der Waals surface area contributed by atoms with Crippen LogP contribution in [0.2, 0.25) is 0 Å². The van der Waals surface area contributed by atoms with Crippen molar-refractivity contribution in [3.05, 3.63) is 22.8 Å². The predicted molar refractivity (Wildman–Crippen MR) is 53.3 cm³/mol. The summed E-state index contributed by atoms with van der Waals surface area (Å²) < 4.78 is 0.926. The SMILES string of the molecule is CNc1ccc2n[nH]c(Br)c2c1. The normalized spacial score (nSPS) is 10.5. The molecule has 2 rings (SSSR count). The van der Waals surface area contributed by atoms with Gasteiger partial charge in [-0.05, 0) is 34.1 Å². The molecule has 0 unspecified atom stereocenters. The van der Waals surface area contributed by atoms with Crippen LogP contribution in [0, 0.1) is 0 Å². The van der Waals surface area contributed by atoms with Crippen LogP contribution < -0.4 is 5.32 Å². The number of rotatable bonds is 1. The highest BCUT2D eigenvalue weighted by Crippen LogP contribution is 2.23. The van der Waals surface area contributed by atoms with E-state index in [-0.39, 0.29) is 0 Å². The Balaban J connectivity index is 2.71. The molecule has 0 spiro atoms. The predicted octanol–water partition coefficient (Wildman–Crippen LogP) is 2.37. The van der Waals surface area contributed by atoms with Crippen LogP contribution in [0.1, 0.15) is 0 Å². The lowest BCUT2D eigenvalue weighted by atomic mass is 10.2. The van der Waals surface area contributed by atoms with Crippen LogP contribution in [0.25, 0.3) is 10.9 Å². The number of hydrogen-bond acceptors (Lipinski definition) is 2. The molecule has 1 aromatic carbocycles. The first kappa shape index (κ1) is 7.61. The molecule has 2 aromatic rings. The Labute approximate surface area is 78.3 Å². The van der Waals surface area contributed by atoms with Crippen molar-refractivity contribution in [2.45, 2.75) is 0 Å². The van der Waals surface area contributed by atoms with Crippen LogP contribution in [-0.2, 0) is 0 Å². The minimum atomic E-state index is 0.926. The minimum absolute atomic E-state index is 0.926. The molecule has 0 amide bonds. The highest BCUT2D eigenvalue weighted by atomic mass is 79.9. The summed E-state index contributed by atoms with van der Waals surface area (Å²) in [6, 6.07) is 6.01. The molecule has 1 aromatic heterocycles. The van der Waals surface area contributed by atoms with Crippen molar-refractivity contribution in [2.24, 2.45) is 0 Å². The largest absolute Gasteiger partial charge is 0.388 e. The van der Waals surface area contributed by atoms with Crippen LogP contribution in [-0.4, -0.2) is 17.2 Å². The van der Waals surface area contributed by atoms with Crippen LogP contribution >= 0.6 is 15.9 Å². The second-order valence-corrected chi connectivity index (χ2v) is 3.31. The molecule has 0 radical (unpaired) electrons. The summed E-state index contributed by atoms with van der Waals surface area (Å²) in [4.78, 5) is 0. The molecule has 0 saturated carbocycles. The molecule has 12 heavy (non-hydrogen) atoms. The maximum atomic E-state index is 4.09. The van der Waals surface area contributed by atoms with E-state index in [1.165, 1.54) is 0 Å². The fourth-order valence-electron chi connectivity index (χ4n) is 1.13. The van der Waals surface area contributed by atoms with Crippen LogP contribution in [0.4, 0.5) is 5.69 Å². The molecule has 3 nitrogen and oxygen atoms in total. The zero-order chi connectivity index (χ0) is 8.55. The maximum absolute atomic E-state index is 4.09. The Morgan fingerprint density at radius 3 is 3.08 bits per heavy atom. The summed E-state index contributed by atoms with van der Waals surface area (Å²) in [5.74, 6) is 0. The summed E-state index contributed by atoms with van der Waals surface area (Å²) in [6.45, 7) is 0. The standard InChI is InChI=1S/C8H8BrN3/c1-10-5-2-3-7-6(4-5)8(9)12-11-7/h2-4,10H,1H3,(H,11,12). The highest BCUT2D eigenvalue weighted by molar-refractivity contribution is 9.10. The number of anilines is 1. The van der Waals surface area contributed by atoms with Gasteiger partial charge < -0.3 is 5.32 Å².